The topological polar surface area (TPSA) is 69.1 Å². The zero-order valence-electron chi connectivity index (χ0n) is 31.3. The van der Waals surface area contributed by atoms with Gasteiger partial charge in [0.25, 0.3) is 0 Å². The lowest BCUT2D eigenvalue weighted by Gasteiger charge is -2.34. The molecule has 0 spiro atoms. The first-order valence-corrected chi connectivity index (χ1v) is 20.8. The van der Waals surface area contributed by atoms with Gasteiger partial charge in [0, 0.05) is 0 Å². The van der Waals surface area contributed by atoms with E-state index in [-0.39, 0.29) is 11.8 Å². The number of carbonyl (C=O) groups excluding carboxylic acids is 1. The first kappa shape index (κ1) is 44.2. The maximum Gasteiger partial charge on any atom is 0.237 e. The highest BCUT2D eigenvalue weighted by Gasteiger charge is 2.37. The highest BCUT2D eigenvalue weighted by Crippen LogP contribution is 2.30. The molecule has 45 heavy (non-hydrogen) atoms. The zero-order chi connectivity index (χ0) is 33.1. The summed E-state index contributed by atoms with van der Waals surface area (Å²) in [5.74, 6) is -0.0673. The van der Waals surface area contributed by atoms with Gasteiger partial charge in [-0.05, 0) is 50.9 Å². The maximum atomic E-state index is 12.3. The smallest absolute Gasteiger partial charge is 0.237 e. The third-order valence-corrected chi connectivity index (χ3v) is 10.5. The lowest BCUT2D eigenvalue weighted by molar-refractivity contribution is -0.125. The molecule has 268 valence electrons. The number of nitrogens with two attached hydrogens (primary N) is 2. The van der Waals surface area contributed by atoms with Crippen molar-refractivity contribution in [1.29, 1.82) is 0 Å². The predicted octanol–water partition coefficient (Wildman–Crippen LogP) is 13.7. The Morgan fingerprint density at radius 2 is 0.733 bits per heavy atom. The molecule has 0 radical (unpaired) electrons. The van der Waals surface area contributed by atoms with Crippen LogP contribution < -0.4 is 11.5 Å². The Bertz CT molecular complexity index is 632. The minimum atomic E-state index is -0.835. The lowest BCUT2D eigenvalue weighted by atomic mass is 9.76. The van der Waals surface area contributed by atoms with Gasteiger partial charge in [-0.3, -0.25) is 4.79 Å². The molecule has 2 unspecified atom stereocenters. The van der Waals surface area contributed by atoms with Crippen LogP contribution in [0.15, 0.2) is 12.2 Å². The van der Waals surface area contributed by atoms with Gasteiger partial charge in [-0.25, -0.2) is 0 Å². The number of rotatable bonds is 37. The summed E-state index contributed by atoms with van der Waals surface area (Å²) in [5.41, 5.74) is 11.6. The molecule has 0 saturated carbocycles. The number of amides is 1. The van der Waals surface area contributed by atoms with Crippen LogP contribution in [0.5, 0.6) is 0 Å². The second-order valence-corrected chi connectivity index (χ2v) is 14.6. The summed E-state index contributed by atoms with van der Waals surface area (Å²) in [6, 6.07) is 0. The van der Waals surface area contributed by atoms with Crippen molar-refractivity contribution in [2.45, 2.75) is 245 Å². The monoisotopic (exact) mass is 633 g/mol. The van der Waals surface area contributed by atoms with Gasteiger partial charge in [0.1, 0.15) is 0 Å². The standard InChI is InChI=1S/C42H84N2O/c1-4-7-9-11-13-15-17-19-21-23-25-27-29-31-33-35-37-39-40(42(44,6-3)41(43)45)38-36-34-32-30-28-26-24-22-20-18-16-14-12-10-8-5-2/h19,21,40H,4-18,20,22-39,44H2,1-3H3,(H2,43,45)/b21-19-. The third kappa shape index (κ3) is 27.9. The summed E-state index contributed by atoms with van der Waals surface area (Å²) in [5, 5.41) is 0. The van der Waals surface area contributed by atoms with E-state index in [1.54, 1.807) is 0 Å². The second-order valence-electron chi connectivity index (χ2n) is 14.6. The average Bonchev–Trinajstić information content (AvgIpc) is 3.04. The first-order chi connectivity index (χ1) is 22.0. The number of primary amides is 1. The molecule has 0 aromatic rings. The Morgan fingerprint density at radius 1 is 0.467 bits per heavy atom. The van der Waals surface area contributed by atoms with Crippen LogP contribution in [0.4, 0.5) is 0 Å². The van der Waals surface area contributed by atoms with E-state index in [9.17, 15) is 4.79 Å². The normalized spacial score (nSPS) is 13.9. The van der Waals surface area contributed by atoms with Crippen molar-refractivity contribution in [2.75, 3.05) is 0 Å². The Balaban J connectivity index is 3.86. The van der Waals surface area contributed by atoms with Crippen molar-refractivity contribution in [3.8, 4) is 0 Å². The fourth-order valence-electron chi connectivity index (χ4n) is 7.08. The van der Waals surface area contributed by atoms with Gasteiger partial charge in [-0.15, -0.1) is 0 Å². The summed E-state index contributed by atoms with van der Waals surface area (Å²) < 4.78 is 0. The van der Waals surface area contributed by atoms with Crippen LogP contribution in [0.2, 0.25) is 0 Å². The molecule has 0 heterocycles. The fraction of sp³-hybridized carbons (Fsp3) is 0.929. The van der Waals surface area contributed by atoms with Gasteiger partial charge < -0.3 is 11.5 Å². The Morgan fingerprint density at radius 3 is 1.00 bits per heavy atom. The van der Waals surface area contributed by atoms with Crippen molar-refractivity contribution >= 4 is 5.91 Å². The quantitative estimate of drug-likeness (QED) is 0.0528. The van der Waals surface area contributed by atoms with E-state index < -0.39 is 5.54 Å². The Hall–Kier alpha value is -0.830. The van der Waals surface area contributed by atoms with Gasteiger partial charge in [-0.2, -0.15) is 0 Å². The van der Waals surface area contributed by atoms with E-state index in [4.69, 9.17) is 11.5 Å². The van der Waals surface area contributed by atoms with E-state index in [0.717, 1.165) is 12.8 Å². The van der Waals surface area contributed by atoms with E-state index in [0.29, 0.717) is 6.42 Å². The van der Waals surface area contributed by atoms with E-state index in [2.05, 4.69) is 26.0 Å². The van der Waals surface area contributed by atoms with Gasteiger partial charge in [0.15, 0.2) is 0 Å². The molecule has 3 heteroatoms. The van der Waals surface area contributed by atoms with Crippen LogP contribution in [-0.2, 0) is 4.79 Å². The minimum Gasteiger partial charge on any atom is -0.368 e. The van der Waals surface area contributed by atoms with E-state index >= 15 is 0 Å². The molecule has 1 amide bonds. The molecule has 0 aromatic carbocycles. The summed E-state index contributed by atoms with van der Waals surface area (Å²) in [6.07, 6.45) is 49.7. The molecule has 4 N–H and O–H groups in total. The summed E-state index contributed by atoms with van der Waals surface area (Å²) in [6.45, 7) is 6.61. The molecule has 0 aliphatic carbocycles. The molecule has 2 atom stereocenters. The van der Waals surface area contributed by atoms with Gasteiger partial charge in [-0.1, -0.05) is 206 Å². The van der Waals surface area contributed by atoms with Crippen LogP contribution in [0.25, 0.3) is 0 Å². The fourth-order valence-corrected chi connectivity index (χ4v) is 7.08. The van der Waals surface area contributed by atoms with Crippen molar-refractivity contribution in [3.63, 3.8) is 0 Å². The van der Waals surface area contributed by atoms with Gasteiger partial charge in [0.2, 0.25) is 5.91 Å². The molecule has 0 aliphatic heterocycles. The maximum absolute atomic E-state index is 12.3. The number of hydrogen-bond donors (Lipinski definition) is 2. The highest BCUT2D eigenvalue weighted by molar-refractivity contribution is 5.84. The minimum absolute atomic E-state index is 0.231. The van der Waals surface area contributed by atoms with Gasteiger partial charge in [0.05, 0.1) is 5.54 Å². The SMILES string of the molecule is CCCCCCCC/C=C\CCCCCCCCCC(CCCCCCCCCCCCCCCCCC)C(N)(CC)C(N)=O. The van der Waals surface area contributed by atoms with Crippen LogP contribution in [-0.4, -0.2) is 11.4 Å². The largest absolute Gasteiger partial charge is 0.368 e. The Labute approximate surface area is 284 Å². The van der Waals surface area contributed by atoms with Crippen molar-refractivity contribution in [2.24, 2.45) is 17.4 Å². The molecular formula is C42H84N2O. The number of carbonyl (C=O) groups is 1. The zero-order valence-corrected chi connectivity index (χ0v) is 31.3. The number of allylic oxidation sites excluding steroid dienone is 2. The lowest BCUT2D eigenvalue weighted by Crippen LogP contribution is -2.57. The van der Waals surface area contributed by atoms with Crippen LogP contribution in [0, 0.1) is 5.92 Å². The molecule has 3 nitrogen and oxygen atoms in total. The van der Waals surface area contributed by atoms with Crippen molar-refractivity contribution < 1.29 is 4.79 Å². The molecule has 0 fully saturated rings. The van der Waals surface area contributed by atoms with Crippen LogP contribution in [0.3, 0.4) is 0 Å². The van der Waals surface area contributed by atoms with Gasteiger partial charge >= 0.3 is 0 Å². The number of unbranched alkanes of at least 4 members (excludes halogenated alkanes) is 28. The molecule has 0 aliphatic rings. The van der Waals surface area contributed by atoms with Crippen LogP contribution in [0.1, 0.15) is 239 Å². The third-order valence-electron chi connectivity index (χ3n) is 10.5. The molecule has 0 aromatic heterocycles. The highest BCUT2D eigenvalue weighted by atomic mass is 16.1. The Kier molecular flexibility index (Phi) is 33.9. The molecule has 0 bridgehead atoms. The summed E-state index contributed by atoms with van der Waals surface area (Å²) >= 11 is 0. The molecule has 0 rings (SSSR count). The van der Waals surface area contributed by atoms with E-state index in [1.165, 1.54) is 199 Å². The van der Waals surface area contributed by atoms with E-state index in [1.807, 2.05) is 6.92 Å². The number of hydrogen-bond acceptors (Lipinski definition) is 2. The summed E-state index contributed by atoms with van der Waals surface area (Å²) in [7, 11) is 0. The van der Waals surface area contributed by atoms with Crippen molar-refractivity contribution in [1.82, 2.24) is 0 Å². The average molecular weight is 633 g/mol. The second kappa shape index (κ2) is 34.5. The first-order valence-electron chi connectivity index (χ1n) is 20.8. The molecular weight excluding hydrogens is 548 g/mol. The summed E-state index contributed by atoms with van der Waals surface area (Å²) in [4.78, 5) is 12.3. The molecule has 0 saturated heterocycles. The van der Waals surface area contributed by atoms with Crippen molar-refractivity contribution in [3.05, 3.63) is 12.2 Å². The van der Waals surface area contributed by atoms with Crippen LogP contribution >= 0.6 is 0 Å². The predicted molar refractivity (Wildman–Crippen MR) is 203 cm³/mol.